The Morgan fingerprint density at radius 2 is 2.53 bits per heavy atom. The van der Waals surface area contributed by atoms with E-state index in [1.54, 1.807) is 18.0 Å². The minimum Gasteiger partial charge on any atom is -0.469 e. The lowest BCUT2D eigenvalue weighted by Crippen LogP contribution is -2.43. The van der Waals surface area contributed by atoms with Gasteiger partial charge in [0.1, 0.15) is 5.76 Å². The van der Waals surface area contributed by atoms with Crippen molar-refractivity contribution < 1.29 is 9.21 Å². The number of likely N-dealkylation sites (tertiary alicyclic amines) is 1. The summed E-state index contributed by atoms with van der Waals surface area (Å²) < 4.78 is 5.41. The number of nitrogens with zero attached hydrogens (tertiary/aromatic N) is 1. The summed E-state index contributed by atoms with van der Waals surface area (Å²) in [5.74, 6) is 3.44. The van der Waals surface area contributed by atoms with Gasteiger partial charge in [-0.15, -0.1) is 11.8 Å². The molecule has 1 aromatic rings. The van der Waals surface area contributed by atoms with E-state index in [1.165, 1.54) is 0 Å². The molecule has 0 bridgehead atoms. The average Bonchev–Trinajstić information content (AvgIpc) is 3.09. The molecule has 3 heterocycles. The summed E-state index contributed by atoms with van der Waals surface area (Å²) in [5, 5.41) is 3.23. The van der Waals surface area contributed by atoms with Gasteiger partial charge in [0.15, 0.2) is 0 Å². The van der Waals surface area contributed by atoms with Gasteiger partial charge in [0, 0.05) is 30.6 Å². The molecule has 2 atom stereocenters. The molecule has 5 heteroatoms. The zero-order valence-corrected chi connectivity index (χ0v) is 10.4. The van der Waals surface area contributed by atoms with Crippen molar-refractivity contribution in [3.8, 4) is 0 Å². The fraction of sp³-hybridized carbons (Fsp3) is 0.583. The fourth-order valence-electron chi connectivity index (χ4n) is 2.49. The lowest BCUT2D eigenvalue weighted by atomic mass is 10.1. The predicted octanol–water partition coefficient (Wildman–Crippen LogP) is 1.26. The van der Waals surface area contributed by atoms with E-state index in [9.17, 15) is 4.79 Å². The SMILES string of the molecule is O=C(C1CSCN1)N1CCC(c2ccco2)C1. The summed E-state index contributed by atoms with van der Waals surface area (Å²) in [4.78, 5) is 14.2. The number of carbonyl (C=O) groups excluding carboxylic acids is 1. The van der Waals surface area contributed by atoms with E-state index in [-0.39, 0.29) is 11.9 Å². The van der Waals surface area contributed by atoms with Crippen molar-refractivity contribution in [2.24, 2.45) is 0 Å². The number of thioether (sulfide) groups is 1. The minimum absolute atomic E-state index is 0.0235. The summed E-state index contributed by atoms with van der Waals surface area (Å²) >= 11 is 1.79. The van der Waals surface area contributed by atoms with Crippen LogP contribution in [-0.4, -0.2) is 41.6 Å². The van der Waals surface area contributed by atoms with Crippen LogP contribution in [0.5, 0.6) is 0 Å². The number of rotatable bonds is 2. The third-order valence-corrected chi connectivity index (χ3v) is 4.40. The number of amides is 1. The zero-order chi connectivity index (χ0) is 11.7. The molecule has 2 aliphatic rings. The topological polar surface area (TPSA) is 45.5 Å². The molecule has 4 nitrogen and oxygen atoms in total. The molecule has 2 unspecified atom stereocenters. The Balaban J connectivity index is 1.62. The normalized spacial score (nSPS) is 28.8. The van der Waals surface area contributed by atoms with Crippen molar-refractivity contribution in [2.75, 3.05) is 24.7 Å². The van der Waals surface area contributed by atoms with E-state index in [0.29, 0.717) is 5.92 Å². The van der Waals surface area contributed by atoms with Gasteiger partial charge in [-0.25, -0.2) is 0 Å². The van der Waals surface area contributed by atoms with Gasteiger partial charge < -0.3 is 9.32 Å². The van der Waals surface area contributed by atoms with Gasteiger partial charge in [-0.3, -0.25) is 10.1 Å². The molecule has 1 N–H and O–H groups in total. The first-order valence-electron chi connectivity index (χ1n) is 5.98. The summed E-state index contributed by atoms with van der Waals surface area (Å²) in [6.07, 6.45) is 2.72. The van der Waals surface area contributed by atoms with Gasteiger partial charge in [0.2, 0.25) is 5.91 Å². The van der Waals surface area contributed by atoms with Crippen LogP contribution in [0, 0.1) is 0 Å². The fourth-order valence-corrected chi connectivity index (χ4v) is 3.42. The number of furan rings is 1. The number of nitrogens with one attached hydrogen (secondary N) is 1. The Morgan fingerprint density at radius 1 is 1.59 bits per heavy atom. The van der Waals surface area contributed by atoms with Crippen molar-refractivity contribution in [3.63, 3.8) is 0 Å². The molecule has 0 saturated carbocycles. The monoisotopic (exact) mass is 252 g/mol. The minimum atomic E-state index is 0.0235. The Kier molecular flexibility index (Phi) is 3.11. The van der Waals surface area contributed by atoms with Gasteiger partial charge in [-0.1, -0.05) is 0 Å². The van der Waals surface area contributed by atoms with Crippen molar-refractivity contribution in [2.45, 2.75) is 18.4 Å². The van der Waals surface area contributed by atoms with E-state index < -0.39 is 0 Å². The van der Waals surface area contributed by atoms with Crippen LogP contribution < -0.4 is 5.32 Å². The van der Waals surface area contributed by atoms with Crippen molar-refractivity contribution in [1.82, 2.24) is 10.2 Å². The van der Waals surface area contributed by atoms with Crippen LogP contribution in [0.4, 0.5) is 0 Å². The van der Waals surface area contributed by atoms with Crippen LogP contribution in [0.15, 0.2) is 22.8 Å². The van der Waals surface area contributed by atoms with E-state index >= 15 is 0 Å². The Bertz CT molecular complexity index is 387. The third-order valence-electron chi connectivity index (χ3n) is 3.46. The maximum atomic E-state index is 12.2. The molecule has 0 spiro atoms. The van der Waals surface area contributed by atoms with Crippen molar-refractivity contribution in [3.05, 3.63) is 24.2 Å². The molecule has 3 rings (SSSR count). The highest BCUT2D eigenvalue weighted by molar-refractivity contribution is 7.99. The summed E-state index contributed by atoms with van der Waals surface area (Å²) in [6.45, 7) is 1.66. The lowest BCUT2D eigenvalue weighted by Gasteiger charge is -2.19. The van der Waals surface area contributed by atoms with Gasteiger partial charge >= 0.3 is 0 Å². The first-order valence-corrected chi connectivity index (χ1v) is 7.13. The van der Waals surface area contributed by atoms with E-state index in [0.717, 1.165) is 36.9 Å². The summed E-state index contributed by atoms with van der Waals surface area (Å²) in [6, 6.07) is 3.94. The van der Waals surface area contributed by atoms with Crippen LogP contribution in [0.1, 0.15) is 18.1 Å². The van der Waals surface area contributed by atoms with Gasteiger partial charge in [-0.2, -0.15) is 0 Å². The zero-order valence-electron chi connectivity index (χ0n) is 9.59. The molecule has 0 aromatic carbocycles. The number of hydrogen-bond acceptors (Lipinski definition) is 4. The smallest absolute Gasteiger partial charge is 0.240 e. The second-order valence-corrected chi connectivity index (χ2v) is 5.59. The first kappa shape index (κ1) is 11.2. The molecule has 1 amide bonds. The Labute approximate surface area is 105 Å². The van der Waals surface area contributed by atoms with Crippen LogP contribution in [0.3, 0.4) is 0 Å². The van der Waals surface area contributed by atoms with Crippen molar-refractivity contribution >= 4 is 17.7 Å². The highest BCUT2D eigenvalue weighted by Crippen LogP contribution is 2.28. The highest BCUT2D eigenvalue weighted by atomic mass is 32.2. The Hall–Kier alpha value is -0.940. The summed E-state index contributed by atoms with van der Waals surface area (Å²) in [7, 11) is 0. The maximum Gasteiger partial charge on any atom is 0.240 e. The standard InChI is InChI=1S/C12H16N2O2S/c15-12(10-7-17-8-13-10)14-4-3-9(6-14)11-2-1-5-16-11/h1-2,5,9-10,13H,3-4,6-8H2. The highest BCUT2D eigenvalue weighted by Gasteiger charge is 2.33. The van der Waals surface area contributed by atoms with Crippen LogP contribution >= 0.6 is 11.8 Å². The molecule has 17 heavy (non-hydrogen) atoms. The number of hydrogen-bond donors (Lipinski definition) is 1. The molecule has 2 aliphatic heterocycles. The molecule has 2 fully saturated rings. The van der Waals surface area contributed by atoms with Gasteiger partial charge in [0.05, 0.1) is 12.3 Å². The van der Waals surface area contributed by atoms with E-state index in [2.05, 4.69) is 5.32 Å². The Morgan fingerprint density at radius 3 is 3.24 bits per heavy atom. The lowest BCUT2D eigenvalue weighted by molar-refractivity contribution is -0.131. The largest absolute Gasteiger partial charge is 0.469 e. The number of carbonyl (C=O) groups is 1. The van der Waals surface area contributed by atoms with Crippen molar-refractivity contribution in [1.29, 1.82) is 0 Å². The quantitative estimate of drug-likeness (QED) is 0.860. The van der Waals surface area contributed by atoms with E-state index in [4.69, 9.17) is 4.42 Å². The molecule has 1 aromatic heterocycles. The van der Waals surface area contributed by atoms with E-state index in [1.807, 2.05) is 17.0 Å². The molecule has 92 valence electrons. The maximum absolute atomic E-state index is 12.2. The molecular weight excluding hydrogens is 236 g/mol. The molecule has 0 aliphatic carbocycles. The first-order chi connectivity index (χ1) is 8.34. The average molecular weight is 252 g/mol. The van der Waals surface area contributed by atoms with Crippen LogP contribution in [-0.2, 0) is 4.79 Å². The second kappa shape index (κ2) is 4.74. The second-order valence-electron chi connectivity index (χ2n) is 4.56. The molecule has 2 saturated heterocycles. The summed E-state index contributed by atoms with van der Waals surface area (Å²) in [5.41, 5.74) is 0. The van der Waals surface area contributed by atoms with Gasteiger partial charge in [0.25, 0.3) is 0 Å². The molecular formula is C12H16N2O2S. The predicted molar refractivity (Wildman–Crippen MR) is 66.9 cm³/mol. The molecule has 0 radical (unpaired) electrons. The third kappa shape index (κ3) is 2.21. The van der Waals surface area contributed by atoms with Gasteiger partial charge in [-0.05, 0) is 18.6 Å². The van der Waals surface area contributed by atoms with Crippen LogP contribution in [0.25, 0.3) is 0 Å². The van der Waals surface area contributed by atoms with Crippen LogP contribution in [0.2, 0.25) is 0 Å².